The summed E-state index contributed by atoms with van der Waals surface area (Å²) in [5.41, 5.74) is -0.326. The molecule has 0 spiro atoms. The van der Waals surface area contributed by atoms with Gasteiger partial charge in [0.25, 0.3) is 0 Å². The normalized spacial score (nSPS) is 40.8. The predicted molar refractivity (Wildman–Crippen MR) is 44.9 cm³/mol. The number of carboxylic acids is 1. The SMILES string of the molecule is O=C(O)C12CCNCCCC1C2. The van der Waals surface area contributed by atoms with Crippen molar-refractivity contribution in [2.45, 2.75) is 25.7 Å². The summed E-state index contributed by atoms with van der Waals surface area (Å²) in [6, 6.07) is 0. The molecule has 2 fully saturated rings. The topological polar surface area (TPSA) is 49.3 Å². The first-order valence-electron chi connectivity index (χ1n) is 4.70. The molecule has 68 valence electrons. The molecule has 0 aromatic carbocycles. The zero-order valence-electron chi connectivity index (χ0n) is 7.18. The van der Waals surface area contributed by atoms with E-state index in [9.17, 15) is 4.79 Å². The maximum absolute atomic E-state index is 11.0. The molecule has 2 N–H and O–H groups in total. The molecule has 2 unspecified atom stereocenters. The number of nitrogens with one attached hydrogen (secondary N) is 1. The van der Waals surface area contributed by atoms with Crippen LogP contribution < -0.4 is 5.32 Å². The first-order chi connectivity index (χ1) is 5.76. The maximum atomic E-state index is 11.0. The van der Waals surface area contributed by atoms with Gasteiger partial charge >= 0.3 is 5.97 Å². The summed E-state index contributed by atoms with van der Waals surface area (Å²) in [4.78, 5) is 11.0. The van der Waals surface area contributed by atoms with Crippen molar-refractivity contribution in [1.82, 2.24) is 5.32 Å². The smallest absolute Gasteiger partial charge is 0.309 e. The van der Waals surface area contributed by atoms with Crippen LogP contribution in [0.1, 0.15) is 25.7 Å². The Hall–Kier alpha value is -0.570. The van der Waals surface area contributed by atoms with E-state index in [1.165, 1.54) is 0 Å². The number of hydrogen-bond acceptors (Lipinski definition) is 2. The summed E-state index contributed by atoms with van der Waals surface area (Å²) in [5, 5.41) is 12.3. The van der Waals surface area contributed by atoms with Crippen LogP contribution in [0.15, 0.2) is 0 Å². The van der Waals surface area contributed by atoms with Gasteiger partial charge in [-0.05, 0) is 44.7 Å². The second-order valence-corrected chi connectivity index (χ2v) is 4.00. The Bertz CT molecular complexity index is 205. The van der Waals surface area contributed by atoms with Crippen molar-refractivity contribution in [3.05, 3.63) is 0 Å². The molecule has 3 nitrogen and oxygen atoms in total. The van der Waals surface area contributed by atoms with Gasteiger partial charge in [0.1, 0.15) is 0 Å². The lowest BCUT2D eigenvalue weighted by atomic mass is 9.96. The van der Waals surface area contributed by atoms with Crippen molar-refractivity contribution in [2.24, 2.45) is 11.3 Å². The van der Waals surface area contributed by atoms with Crippen molar-refractivity contribution >= 4 is 5.97 Å². The van der Waals surface area contributed by atoms with Gasteiger partial charge in [0, 0.05) is 0 Å². The Balaban J connectivity index is 2.03. The fourth-order valence-electron chi connectivity index (χ4n) is 2.34. The van der Waals surface area contributed by atoms with Crippen LogP contribution in [0.4, 0.5) is 0 Å². The molecule has 3 heteroatoms. The van der Waals surface area contributed by atoms with E-state index >= 15 is 0 Å². The highest BCUT2D eigenvalue weighted by Crippen LogP contribution is 2.57. The zero-order chi connectivity index (χ0) is 8.60. The minimum atomic E-state index is -0.573. The van der Waals surface area contributed by atoms with Gasteiger partial charge in [0.2, 0.25) is 0 Å². The maximum Gasteiger partial charge on any atom is 0.309 e. The van der Waals surface area contributed by atoms with E-state index < -0.39 is 5.97 Å². The summed E-state index contributed by atoms with van der Waals surface area (Å²) in [5.74, 6) is -0.0895. The van der Waals surface area contributed by atoms with Gasteiger partial charge in [-0.2, -0.15) is 0 Å². The third-order valence-corrected chi connectivity index (χ3v) is 3.31. The molecule has 1 heterocycles. The molecular weight excluding hydrogens is 154 g/mol. The molecule has 0 bridgehead atoms. The molecule has 1 saturated carbocycles. The molecule has 1 aliphatic heterocycles. The van der Waals surface area contributed by atoms with Crippen LogP contribution in [-0.4, -0.2) is 24.2 Å². The van der Waals surface area contributed by atoms with Gasteiger partial charge in [0.05, 0.1) is 5.41 Å². The molecule has 0 radical (unpaired) electrons. The van der Waals surface area contributed by atoms with Crippen molar-refractivity contribution in [3.8, 4) is 0 Å². The molecule has 0 amide bonds. The van der Waals surface area contributed by atoms with E-state index in [-0.39, 0.29) is 5.41 Å². The summed E-state index contributed by atoms with van der Waals surface area (Å²) < 4.78 is 0. The monoisotopic (exact) mass is 169 g/mol. The summed E-state index contributed by atoms with van der Waals surface area (Å²) >= 11 is 0. The fourth-order valence-corrected chi connectivity index (χ4v) is 2.34. The van der Waals surface area contributed by atoms with Gasteiger partial charge in [-0.25, -0.2) is 0 Å². The van der Waals surface area contributed by atoms with E-state index in [4.69, 9.17) is 5.11 Å². The Labute approximate surface area is 72.2 Å². The number of carbonyl (C=O) groups is 1. The second kappa shape index (κ2) is 2.73. The second-order valence-electron chi connectivity index (χ2n) is 4.00. The molecule has 2 rings (SSSR count). The van der Waals surface area contributed by atoms with Gasteiger partial charge in [-0.15, -0.1) is 0 Å². The average Bonchev–Trinajstić information content (AvgIpc) is 2.63. The molecule has 1 aliphatic carbocycles. The molecule has 0 aromatic rings. The summed E-state index contributed by atoms with van der Waals surface area (Å²) in [6.07, 6.45) is 3.98. The van der Waals surface area contributed by atoms with Crippen LogP contribution in [0.2, 0.25) is 0 Å². The van der Waals surface area contributed by atoms with Crippen molar-refractivity contribution in [3.63, 3.8) is 0 Å². The minimum absolute atomic E-state index is 0.326. The van der Waals surface area contributed by atoms with Crippen LogP contribution in [0.25, 0.3) is 0 Å². The van der Waals surface area contributed by atoms with Crippen LogP contribution in [0, 0.1) is 11.3 Å². The molecule has 2 atom stereocenters. The highest BCUT2D eigenvalue weighted by Gasteiger charge is 2.59. The van der Waals surface area contributed by atoms with E-state index in [2.05, 4.69) is 5.32 Å². The Kier molecular flexibility index (Phi) is 1.83. The predicted octanol–water partition coefficient (Wildman–Crippen LogP) is 0.851. The van der Waals surface area contributed by atoms with E-state index in [1.807, 2.05) is 0 Å². The van der Waals surface area contributed by atoms with Gasteiger partial charge < -0.3 is 10.4 Å². The third kappa shape index (κ3) is 1.12. The van der Waals surface area contributed by atoms with Gasteiger partial charge in [0.15, 0.2) is 0 Å². The lowest BCUT2D eigenvalue weighted by Gasteiger charge is -2.16. The molecule has 1 saturated heterocycles. The van der Waals surface area contributed by atoms with Gasteiger partial charge in [-0.1, -0.05) is 0 Å². The largest absolute Gasteiger partial charge is 0.481 e. The Morgan fingerprint density at radius 3 is 3.08 bits per heavy atom. The lowest BCUT2D eigenvalue weighted by molar-refractivity contribution is -0.144. The van der Waals surface area contributed by atoms with E-state index in [1.54, 1.807) is 0 Å². The molecule has 0 aromatic heterocycles. The number of rotatable bonds is 1. The summed E-state index contributed by atoms with van der Waals surface area (Å²) in [6.45, 7) is 1.94. The number of aliphatic carboxylic acids is 1. The zero-order valence-corrected chi connectivity index (χ0v) is 7.18. The average molecular weight is 169 g/mol. The van der Waals surface area contributed by atoms with Crippen molar-refractivity contribution in [1.29, 1.82) is 0 Å². The van der Waals surface area contributed by atoms with Gasteiger partial charge in [-0.3, -0.25) is 4.79 Å². The lowest BCUT2D eigenvalue weighted by Crippen LogP contribution is -2.28. The van der Waals surface area contributed by atoms with Crippen LogP contribution in [0.5, 0.6) is 0 Å². The molecular formula is C9H15NO2. The molecule has 2 aliphatic rings. The van der Waals surface area contributed by atoms with E-state index in [0.29, 0.717) is 5.92 Å². The third-order valence-electron chi connectivity index (χ3n) is 3.31. The Morgan fingerprint density at radius 1 is 1.50 bits per heavy atom. The first kappa shape index (κ1) is 8.05. The highest BCUT2D eigenvalue weighted by molar-refractivity contribution is 5.78. The first-order valence-corrected chi connectivity index (χ1v) is 4.70. The van der Waals surface area contributed by atoms with Crippen LogP contribution >= 0.6 is 0 Å². The number of carboxylic acid groups (broad SMARTS) is 1. The molecule has 12 heavy (non-hydrogen) atoms. The standard InChI is InChI=1S/C9H15NO2/c11-8(12)9-3-5-10-4-1-2-7(9)6-9/h7,10H,1-6H2,(H,11,12). The van der Waals surface area contributed by atoms with Crippen LogP contribution in [-0.2, 0) is 4.79 Å². The highest BCUT2D eigenvalue weighted by atomic mass is 16.4. The van der Waals surface area contributed by atoms with Crippen molar-refractivity contribution < 1.29 is 9.90 Å². The Morgan fingerprint density at radius 2 is 2.33 bits per heavy atom. The quantitative estimate of drug-likeness (QED) is 0.612. The van der Waals surface area contributed by atoms with E-state index in [0.717, 1.165) is 38.8 Å². The minimum Gasteiger partial charge on any atom is -0.481 e. The van der Waals surface area contributed by atoms with Crippen molar-refractivity contribution in [2.75, 3.05) is 13.1 Å². The summed E-state index contributed by atoms with van der Waals surface area (Å²) in [7, 11) is 0. The fraction of sp³-hybridized carbons (Fsp3) is 0.889. The van der Waals surface area contributed by atoms with Crippen LogP contribution in [0.3, 0.4) is 0 Å². The number of fused-ring (bicyclic) bond motifs is 1. The number of hydrogen-bond donors (Lipinski definition) is 2.